The Morgan fingerprint density at radius 2 is 2.10 bits per heavy atom. The lowest BCUT2D eigenvalue weighted by Crippen LogP contribution is -2.36. The quantitative estimate of drug-likeness (QED) is 0.918. The van der Waals surface area contributed by atoms with Crippen molar-refractivity contribution < 1.29 is 14.2 Å². The molecule has 0 bridgehead atoms. The van der Waals surface area contributed by atoms with Gasteiger partial charge in [0, 0.05) is 31.7 Å². The SMILES string of the molecule is COC1CCCC1NCc1cccc2c1OCCCO2. The highest BCUT2D eigenvalue weighted by atomic mass is 16.5. The van der Waals surface area contributed by atoms with E-state index in [1.807, 2.05) is 12.1 Å². The van der Waals surface area contributed by atoms with Gasteiger partial charge < -0.3 is 19.5 Å². The molecule has 1 N–H and O–H groups in total. The molecule has 0 radical (unpaired) electrons. The summed E-state index contributed by atoms with van der Waals surface area (Å²) in [6.07, 6.45) is 4.86. The van der Waals surface area contributed by atoms with E-state index in [1.54, 1.807) is 7.11 Å². The van der Waals surface area contributed by atoms with Crippen LogP contribution in [0.15, 0.2) is 18.2 Å². The van der Waals surface area contributed by atoms with Crippen molar-refractivity contribution >= 4 is 0 Å². The summed E-state index contributed by atoms with van der Waals surface area (Å²) in [5.74, 6) is 1.78. The molecule has 2 unspecified atom stereocenters. The first kappa shape index (κ1) is 13.7. The summed E-state index contributed by atoms with van der Waals surface area (Å²) >= 11 is 0. The fraction of sp³-hybridized carbons (Fsp3) is 0.625. The molecule has 1 aromatic carbocycles. The van der Waals surface area contributed by atoms with Crippen LogP contribution in [0.4, 0.5) is 0 Å². The molecule has 110 valence electrons. The fourth-order valence-corrected chi connectivity index (χ4v) is 3.08. The summed E-state index contributed by atoms with van der Waals surface area (Å²) < 4.78 is 17.1. The molecule has 1 aliphatic carbocycles. The van der Waals surface area contributed by atoms with Crippen molar-refractivity contribution in [3.8, 4) is 11.5 Å². The van der Waals surface area contributed by atoms with Gasteiger partial charge in [-0.15, -0.1) is 0 Å². The standard InChI is InChI=1S/C16H23NO3/c1-18-14-7-3-6-13(14)17-11-12-5-2-8-15-16(12)20-10-4-9-19-15/h2,5,8,13-14,17H,3-4,6-7,9-11H2,1H3. The fourth-order valence-electron chi connectivity index (χ4n) is 3.08. The third-order valence-electron chi connectivity index (χ3n) is 4.16. The largest absolute Gasteiger partial charge is 0.490 e. The van der Waals surface area contributed by atoms with Crippen molar-refractivity contribution in [2.75, 3.05) is 20.3 Å². The second-order valence-corrected chi connectivity index (χ2v) is 5.49. The van der Waals surface area contributed by atoms with Crippen LogP contribution in [0.2, 0.25) is 0 Å². The molecule has 0 spiro atoms. The van der Waals surface area contributed by atoms with E-state index in [0.717, 1.165) is 44.1 Å². The molecule has 1 heterocycles. The highest BCUT2D eigenvalue weighted by molar-refractivity contribution is 5.47. The van der Waals surface area contributed by atoms with Gasteiger partial charge in [-0.1, -0.05) is 12.1 Å². The van der Waals surface area contributed by atoms with Crippen LogP contribution < -0.4 is 14.8 Å². The zero-order chi connectivity index (χ0) is 13.8. The van der Waals surface area contributed by atoms with E-state index in [-0.39, 0.29) is 0 Å². The molecule has 20 heavy (non-hydrogen) atoms. The Balaban J connectivity index is 1.68. The average Bonchev–Trinajstić information content (AvgIpc) is 2.80. The first-order valence-electron chi connectivity index (χ1n) is 7.52. The molecule has 1 aliphatic heterocycles. The van der Waals surface area contributed by atoms with Crippen molar-refractivity contribution in [2.45, 2.75) is 44.4 Å². The predicted molar refractivity (Wildman–Crippen MR) is 77.3 cm³/mol. The maximum Gasteiger partial charge on any atom is 0.165 e. The average molecular weight is 277 g/mol. The molecule has 2 atom stereocenters. The zero-order valence-corrected chi connectivity index (χ0v) is 12.1. The molecular weight excluding hydrogens is 254 g/mol. The minimum absolute atomic E-state index is 0.342. The van der Waals surface area contributed by atoms with Crippen LogP contribution in [0.5, 0.6) is 11.5 Å². The Kier molecular flexibility index (Phi) is 4.43. The van der Waals surface area contributed by atoms with Crippen molar-refractivity contribution in [3.05, 3.63) is 23.8 Å². The first-order valence-corrected chi connectivity index (χ1v) is 7.52. The highest BCUT2D eigenvalue weighted by Gasteiger charge is 2.27. The molecule has 4 heteroatoms. The van der Waals surface area contributed by atoms with Crippen molar-refractivity contribution in [2.24, 2.45) is 0 Å². The molecule has 2 aliphatic rings. The monoisotopic (exact) mass is 277 g/mol. The second-order valence-electron chi connectivity index (χ2n) is 5.49. The Labute approximate surface area is 120 Å². The molecular formula is C16H23NO3. The van der Waals surface area contributed by atoms with E-state index in [9.17, 15) is 0 Å². The Bertz CT molecular complexity index is 449. The molecule has 1 fully saturated rings. The smallest absolute Gasteiger partial charge is 0.165 e. The van der Waals surface area contributed by atoms with Gasteiger partial charge in [-0.2, -0.15) is 0 Å². The van der Waals surface area contributed by atoms with Crippen molar-refractivity contribution in [3.63, 3.8) is 0 Å². The van der Waals surface area contributed by atoms with Gasteiger partial charge >= 0.3 is 0 Å². The van der Waals surface area contributed by atoms with Gasteiger partial charge in [0.1, 0.15) is 0 Å². The van der Waals surface area contributed by atoms with Crippen LogP contribution in [-0.4, -0.2) is 32.5 Å². The number of fused-ring (bicyclic) bond motifs is 1. The number of rotatable bonds is 4. The number of hydrogen-bond acceptors (Lipinski definition) is 4. The van der Waals surface area contributed by atoms with Gasteiger partial charge in [-0.05, 0) is 25.3 Å². The van der Waals surface area contributed by atoms with E-state index >= 15 is 0 Å². The van der Waals surface area contributed by atoms with E-state index in [2.05, 4.69) is 11.4 Å². The van der Waals surface area contributed by atoms with E-state index < -0.39 is 0 Å². The molecule has 1 saturated carbocycles. The van der Waals surface area contributed by atoms with Gasteiger partial charge in [0.05, 0.1) is 19.3 Å². The van der Waals surface area contributed by atoms with Crippen LogP contribution in [0, 0.1) is 0 Å². The van der Waals surface area contributed by atoms with E-state index in [1.165, 1.54) is 18.4 Å². The Morgan fingerprint density at radius 1 is 1.20 bits per heavy atom. The summed E-state index contributed by atoms with van der Waals surface area (Å²) in [5.41, 5.74) is 1.17. The molecule has 4 nitrogen and oxygen atoms in total. The van der Waals surface area contributed by atoms with Gasteiger partial charge in [0.15, 0.2) is 11.5 Å². The number of methoxy groups -OCH3 is 1. The number of hydrogen-bond donors (Lipinski definition) is 1. The Morgan fingerprint density at radius 3 is 3.00 bits per heavy atom. The molecule has 3 rings (SSSR count). The lowest BCUT2D eigenvalue weighted by molar-refractivity contribution is 0.0846. The van der Waals surface area contributed by atoms with Crippen molar-refractivity contribution in [1.29, 1.82) is 0 Å². The molecule has 0 aromatic heterocycles. The topological polar surface area (TPSA) is 39.7 Å². The van der Waals surface area contributed by atoms with Crippen LogP contribution >= 0.6 is 0 Å². The summed E-state index contributed by atoms with van der Waals surface area (Å²) in [5, 5.41) is 3.61. The molecule has 1 aromatic rings. The maximum absolute atomic E-state index is 5.85. The lowest BCUT2D eigenvalue weighted by Gasteiger charge is -2.20. The summed E-state index contributed by atoms with van der Waals surface area (Å²) in [7, 11) is 1.80. The minimum Gasteiger partial charge on any atom is -0.490 e. The first-order chi connectivity index (χ1) is 9.88. The van der Waals surface area contributed by atoms with Crippen LogP contribution in [0.1, 0.15) is 31.2 Å². The van der Waals surface area contributed by atoms with Crippen LogP contribution in [-0.2, 0) is 11.3 Å². The normalized spacial score (nSPS) is 25.4. The van der Waals surface area contributed by atoms with Crippen LogP contribution in [0.3, 0.4) is 0 Å². The Hall–Kier alpha value is -1.26. The summed E-state index contributed by atoms with van der Waals surface area (Å²) in [6, 6.07) is 6.57. The minimum atomic E-state index is 0.342. The van der Waals surface area contributed by atoms with E-state index in [0.29, 0.717) is 12.1 Å². The number of benzene rings is 1. The third-order valence-corrected chi connectivity index (χ3v) is 4.16. The van der Waals surface area contributed by atoms with Crippen LogP contribution in [0.25, 0.3) is 0 Å². The van der Waals surface area contributed by atoms with E-state index in [4.69, 9.17) is 14.2 Å². The summed E-state index contributed by atoms with van der Waals surface area (Å²) in [4.78, 5) is 0. The number of para-hydroxylation sites is 1. The zero-order valence-electron chi connectivity index (χ0n) is 12.1. The highest BCUT2D eigenvalue weighted by Crippen LogP contribution is 2.33. The molecule has 0 amide bonds. The van der Waals surface area contributed by atoms with Crippen molar-refractivity contribution in [1.82, 2.24) is 5.32 Å². The lowest BCUT2D eigenvalue weighted by atomic mass is 10.1. The maximum atomic E-state index is 5.85. The second kappa shape index (κ2) is 6.46. The number of ether oxygens (including phenoxy) is 3. The molecule has 0 saturated heterocycles. The van der Waals surface area contributed by atoms with Gasteiger partial charge in [0.25, 0.3) is 0 Å². The predicted octanol–water partition coefficient (Wildman–Crippen LogP) is 2.51. The third kappa shape index (κ3) is 2.91. The number of nitrogens with one attached hydrogen (secondary N) is 1. The van der Waals surface area contributed by atoms with Gasteiger partial charge in [0.2, 0.25) is 0 Å². The van der Waals surface area contributed by atoms with Gasteiger partial charge in [-0.3, -0.25) is 0 Å². The summed E-state index contributed by atoms with van der Waals surface area (Å²) in [6.45, 7) is 2.27. The van der Waals surface area contributed by atoms with Gasteiger partial charge in [-0.25, -0.2) is 0 Å².